The number of carbonyl (C=O) groups is 5. The van der Waals surface area contributed by atoms with Gasteiger partial charge in [0, 0.05) is 41.4 Å². The van der Waals surface area contributed by atoms with E-state index >= 15 is 0 Å². The first-order valence-corrected chi connectivity index (χ1v) is 17.9. The van der Waals surface area contributed by atoms with Crippen LogP contribution in [0.1, 0.15) is 62.0 Å². The Bertz CT molecular complexity index is 1850. The lowest BCUT2D eigenvalue weighted by Gasteiger charge is -2.26. The molecule has 0 unspecified atom stereocenters. The summed E-state index contributed by atoms with van der Waals surface area (Å²) in [5.41, 5.74) is 18.8. The molecule has 292 valence electrons. The zero-order valence-electron chi connectivity index (χ0n) is 31.0. The Labute approximate surface area is 318 Å². The molecule has 0 bridgehead atoms. The van der Waals surface area contributed by atoms with Crippen LogP contribution >= 0.6 is 0 Å². The van der Waals surface area contributed by atoms with Gasteiger partial charge in [0.15, 0.2) is 6.10 Å². The van der Waals surface area contributed by atoms with E-state index in [1.165, 1.54) is 4.90 Å². The number of hydrogen-bond donors (Lipinski definition) is 6. The first-order valence-electron chi connectivity index (χ1n) is 17.9. The molecule has 0 radical (unpaired) electrons. The predicted molar refractivity (Wildman–Crippen MR) is 203 cm³/mol. The fourth-order valence-corrected chi connectivity index (χ4v) is 6.13. The van der Waals surface area contributed by atoms with Crippen LogP contribution in [0.2, 0.25) is 0 Å². The van der Waals surface area contributed by atoms with Crippen molar-refractivity contribution in [2.75, 3.05) is 31.6 Å². The van der Waals surface area contributed by atoms with E-state index in [0.717, 1.165) is 22.3 Å². The quantitative estimate of drug-likeness (QED) is 0.0452. The smallest absolute Gasteiger partial charge is 0.411 e. The molecule has 0 aromatic heterocycles. The number of ether oxygens (including phenoxy) is 2. The zero-order chi connectivity index (χ0) is 39.9. The van der Waals surface area contributed by atoms with Crippen molar-refractivity contribution < 1.29 is 38.6 Å². The summed E-state index contributed by atoms with van der Waals surface area (Å²) < 4.78 is 11.1. The Morgan fingerprint density at radius 2 is 1.64 bits per heavy atom. The summed E-state index contributed by atoms with van der Waals surface area (Å²) in [5.74, 6) is -1.67. The van der Waals surface area contributed by atoms with Crippen LogP contribution in [0.25, 0.3) is 21.6 Å². The van der Waals surface area contributed by atoms with Crippen molar-refractivity contribution in [2.45, 2.75) is 65.0 Å². The number of hydrogen-bond acceptors (Lipinski definition) is 9. The van der Waals surface area contributed by atoms with E-state index in [0.29, 0.717) is 16.8 Å². The monoisotopic (exact) mass is 757 g/mol. The molecule has 7 N–H and O–H groups in total. The van der Waals surface area contributed by atoms with Gasteiger partial charge in [-0.1, -0.05) is 73.6 Å². The van der Waals surface area contributed by atoms with Gasteiger partial charge in [0.1, 0.15) is 12.1 Å². The molecule has 6 amide bonds. The highest BCUT2D eigenvalue weighted by molar-refractivity contribution is 5.98. The third kappa shape index (κ3) is 11.3. The molecule has 0 spiro atoms. The number of primary amides is 1. The number of benzene rings is 3. The molecule has 55 heavy (non-hydrogen) atoms. The van der Waals surface area contributed by atoms with Gasteiger partial charge in [-0.05, 0) is 65.6 Å². The highest BCUT2D eigenvalue weighted by Crippen LogP contribution is 2.45. The number of nitrogens with zero attached hydrogens (tertiary/aromatic N) is 4. The van der Waals surface area contributed by atoms with E-state index in [2.05, 4.69) is 31.3 Å². The van der Waals surface area contributed by atoms with Crippen LogP contribution in [-0.2, 0) is 32.2 Å². The summed E-state index contributed by atoms with van der Waals surface area (Å²) in [5, 5.41) is 23.9. The van der Waals surface area contributed by atoms with E-state index in [4.69, 9.17) is 20.7 Å². The van der Waals surface area contributed by atoms with Gasteiger partial charge in [0.25, 0.3) is 0 Å². The molecular formula is C38H47N9O8. The Morgan fingerprint density at radius 1 is 0.964 bits per heavy atom. The van der Waals surface area contributed by atoms with Crippen LogP contribution in [0.15, 0.2) is 71.8 Å². The number of nitrogens with one attached hydrogen (secondary N) is 4. The largest absolute Gasteiger partial charge is 0.449 e. The molecule has 0 saturated carbocycles. The number of aliphatic hydroxyl groups excluding tert-OH is 1. The average Bonchev–Trinajstić information content (AvgIpc) is 3.48. The van der Waals surface area contributed by atoms with E-state index < -0.39 is 54.1 Å². The van der Waals surface area contributed by atoms with Crippen molar-refractivity contribution in [3.8, 4) is 11.1 Å². The Balaban J connectivity index is 1.48. The number of fused-ring (bicyclic) bond motifs is 3. The van der Waals surface area contributed by atoms with Crippen molar-refractivity contribution in [1.82, 2.24) is 20.9 Å². The van der Waals surface area contributed by atoms with Crippen LogP contribution in [0.3, 0.4) is 0 Å². The maximum atomic E-state index is 13.7. The second kappa shape index (κ2) is 20.2. The molecule has 0 fully saturated rings. The third-order valence-corrected chi connectivity index (χ3v) is 8.95. The lowest BCUT2D eigenvalue weighted by atomic mass is 10.0. The zero-order valence-corrected chi connectivity index (χ0v) is 31.0. The van der Waals surface area contributed by atoms with Crippen LogP contribution in [0.5, 0.6) is 0 Å². The summed E-state index contributed by atoms with van der Waals surface area (Å²) in [4.78, 5) is 68.5. The van der Waals surface area contributed by atoms with E-state index in [1.807, 2.05) is 55.5 Å². The molecule has 4 rings (SSSR count). The van der Waals surface area contributed by atoms with Crippen molar-refractivity contribution in [3.63, 3.8) is 0 Å². The lowest BCUT2D eigenvalue weighted by molar-refractivity contribution is -0.128. The Morgan fingerprint density at radius 3 is 2.24 bits per heavy atom. The van der Waals surface area contributed by atoms with Crippen molar-refractivity contribution in [1.29, 1.82) is 0 Å². The number of amides is 6. The average molecular weight is 758 g/mol. The van der Waals surface area contributed by atoms with E-state index in [1.54, 1.807) is 32.0 Å². The van der Waals surface area contributed by atoms with Gasteiger partial charge < -0.3 is 46.5 Å². The fourth-order valence-electron chi connectivity index (χ4n) is 6.13. The molecular weight excluding hydrogens is 710 g/mol. The molecule has 1 aliphatic rings. The van der Waals surface area contributed by atoms with Crippen molar-refractivity contribution in [2.24, 2.45) is 16.8 Å². The van der Waals surface area contributed by atoms with Gasteiger partial charge in [0.05, 0.1) is 19.8 Å². The number of rotatable bonds is 18. The van der Waals surface area contributed by atoms with Gasteiger partial charge in [-0.2, -0.15) is 0 Å². The number of carbonyl (C=O) groups excluding carboxylic acids is 5. The van der Waals surface area contributed by atoms with Crippen LogP contribution in [-0.4, -0.2) is 78.4 Å². The number of azide groups is 1. The minimum Gasteiger partial charge on any atom is -0.449 e. The highest BCUT2D eigenvalue weighted by Gasteiger charge is 2.33. The number of aliphatic hydroxyl groups is 1. The summed E-state index contributed by atoms with van der Waals surface area (Å²) >= 11 is 0. The van der Waals surface area contributed by atoms with Gasteiger partial charge in [-0.3, -0.25) is 9.59 Å². The number of urea groups is 1. The summed E-state index contributed by atoms with van der Waals surface area (Å²) in [6.45, 7) is 5.07. The summed E-state index contributed by atoms with van der Waals surface area (Å²) in [6.07, 6.45) is -1.71. The molecule has 0 saturated heterocycles. The predicted octanol–water partition coefficient (Wildman–Crippen LogP) is 4.84. The summed E-state index contributed by atoms with van der Waals surface area (Å²) in [7, 11) is 0. The molecule has 0 heterocycles. The highest BCUT2D eigenvalue weighted by atomic mass is 16.6. The second-order valence-electron chi connectivity index (χ2n) is 13.0. The molecule has 3 aromatic rings. The first-order chi connectivity index (χ1) is 26.5. The molecule has 17 nitrogen and oxygen atoms in total. The normalized spacial score (nSPS) is 12.6. The van der Waals surface area contributed by atoms with Gasteiger partial charge in [-0.15, -0.1) is 0 Å². The minimum atomic E-state index is -1.12. The first kappa shape index (κ1) is 41.4. The van der Waals surface area contributed by atoms with Gasteiger partial charge in [0.2, 0.25) is 11.8 Å². The topological polar surface area (TPSA) is 250 Å². The molecule has 0 aliphatic heterocycles. The SMILES string of the molecule is CCN(Cc1cc(NC(=O)[C@H](CCCNC(N)=O)NC(=O)[C@@H](NC(=O)OCCN=[N+]=[N-])C(C)C)ccc1CO)C(=O)OC1c2ccccc2-c2ccccc21. The lowest BCUT2D eigenvalue weighted by Crippen LogP contribution is -2.54. The van der Waals surface area contributed by atoms with Gasteiger partial charge >= 0.3 is 18.2 Å². The molecule has 2 atom stereocenters. The van der Waals surface area contributed by atoms with E-state index in [-0.39, 0.29) is 52.2 Å². The summed E-state index contributed by atoms with van der Waals surface area (Å²) in [6, 6.07) is 17.5. The molecule has 1 aliphatic carbocycles. The van der Waals surface area contributed by atoms with Gasteiger partial charge in [-0.25, -0.2) is 14.4 Å². The molecule has 3 aromatic carbocycles. The maximum absolute atomic E-state index is 13.7. The second-order valence-corrected chi connectivity index (χ2v) is 13.0. The number of anilines is 1. The number of alkyl carbamates (subject to hydrolysis) is 1. The van der Waals surface area contributed by atoms with Crippen molar-refractivity contribution in [3.05, 3.63) is 99.4 Å². The van der Waals surface area contributed by atoms with Crippen molar-refractivity contribution >= 4 is 35.7 Å². The third-order valence-electron chi connectivity index (χ3n) is 8.95. The minimum absolute atomic E-state index is 0.0601. The Kier molecular flexibility index (Phi) is 15.2. The van der Waals surface area contributed by atoms with E-state index in [9.17, 15) is 29.1 Å². The van der Waals surface area contributed by atoms with Crippen LogP contribution < -0.4 is 27.0 Å². The number of nitrogens with two attached hydrogens (primary N) is 1. The molecule has 17 heteroatoms. The standard InChI is InChI=1S/C38H47N9O8/c1-4-47(38(53)55-33-29-12-7-5-10-27(29)28-11-6-8-13-30(28)33)21-25-20-26(16-15-24(25)22-48)43-34(49)31(14-9-17-41-36(39)51)44-35(50)32(23(2)3)45-37(52)54-19-18-42-46-40/h5-8,10-13,15-16,20,23,31-33,48H,4,9,14,17-19,21-22H2,1-3H3,(H,43,49)(H,44,50)(H,45,52)(H3,39,41,51)/t31-,32-/m0/s1. The maximum Gasteiger partial charge on any atom is 0.411 e. The van der Waals surface area contributed by atoms with Crippen LogP contribution in [0.4, 0.5) is 20.1 Å². The Hall–Kier alpha value is -6.32. The van der Waals surface area contributed by atoms with Crippen LogP contribution in [0, 0.1) is 5.92 Å². The fraction of sp³-hybridized carbons (Fsp3) is 0.395.